The number of hydrazine groups is 1. The van der Waals surface area contributed by atoms with Gasteiger partial charge >= 0.3 is 0 Å². The summed E-state index contributed by atoms with van der Waals surface area (Å²) in [5.74, 6) is 5.75. The van der Waals surface area contributed by atoms with Crippen LogP contribution in [-0.2, 0) is 11.8 Å². The van der Waals surface area contributed by atoms with Crippen molar-refractivity contribution in [1.82, 2.24) is 15.4 Å². The van der Waals surface area contributed by atoms with E-state index in [9.17, 15) is 0 Å². The second-order valence-electron chi connectivity index (χ2n) is 6.48. The highest BCUT2D eigenvalue weighted by Gasteiger charge is 2.19. The lowest BCUT2D eigenvalue weighted by Crippen LogP contribution is -2.29. The molecule has 0 saturated heterocycles. The normalized spacial score (nSPS) is 13.4. The minimum absolute atomic E-state index is 0.0596. The number of nitrogens with zero attached hydrogens (tertiary/aromatic N) is 2. The average Bonchev–Trinajstić information content (AvgIpc) is 2.83. The van der Waals surface area contributed by atoms with Gasteiger partial charge < -0.3 is 0 Å². The molecule has 0 aliphatic rings. The summed E-state index contributed by atoms with van der Waals surface area (Å²) in [7, 11) is 0. The third-order valence-corrected chi connectivity index (χ3v) is 4.28. The molecule has 114 valence electrons. The summed E-state index contributed by atoms with van der Waals surface area (Å²) in [6.45, 7) is 10.6. The van der Waals surface area contributed by atoms with Crippen LogP contribution < -0.4 is 11.3 Å². The highest BCUT2D eigenvalue weighted by atomic mass is 32.1. The molecular formula is C16H24N4S. The van der Waals surface area contributed by atoms with Crippen LogP contribution in [0.15, 0.2) is 17.5 Å². The van der Waals surface area contributed by atoms with Crippen molar-refractivity contribution in [2.75, 3.05) is 0 Å². The van der Waals surface area contributed by atoms with Gasteiger partial charge in [0.2, 0.25) is 0 Å². The number of thiazole rings is 1. The van der Waals surface area contributed by atoms with Crippen LogP contribution >= 0.6 is 11.3 Å². The molecule has 2 rings (SSSR count). The van der Waals surface area contributed by atoms with E-state index in [1.807, 2.05) is 13.8 Å². The smallest absolute Gasteiger partial charge is 0.0948 e. The number of hydrogen-bond donors (Lipinski definition) is 2. The lowest BCUT2D eigenvalue weighted by Gasteiger charge is -2.17. The molecule has 0 aliphatic heterocycles. The van der Waals surface area contributed by atoms with Gasteiger partial charge in [0, 0.05) is 28.6 Å². The Morgan fingerprint density at radius 2 is 1.81 bits per heavy atom. The number of nitrogens with one attached hydrogen (secondary N) is 1. The van der Waals surface area contributed by atoms with Crippen molar-refractivity contribution in [3.63, 3.8) is 0 Å². The van der Waals surface area contributed by atoms with Crippen LogP contribution in [0.5, 0.6) is 0 Å². The fraction of sp³-hybridized carbons (Fsp3) is 0.500. The van der Waals surface area contributed by atoms with Crippen LogP contribution in [0.2, 0.25) is 0 Å². The number of aryl methyl sites for hydroxylation is 2. The summed E-state index contributed by atoms with van der Waals surface area (Å²) in [6, 6.07) is 4.22. The third kappa shape index (κ3) is 4.09. The van der Waals surface area contributed by atoms with Gasteiger partial charge in [0.25, 0.3) is 0 Å². The van der Waals surface area contributed by atoms with Crippen molar-refractivity contribution in [2.45, 2.75) is 52.5 Å². The SMILES string of the molecule is Cc1cc(C(Cc2nc(C(C)(C)C)cs2)NN)cc(C)n1. The van der Waals surface area contributed by atoms with Crippen molar-refractivity contribution >= 4 is 11.3 Å². The van der Waals surface area contributed by atoms with Crippen molar-refractivity contribution in [3.8, 4) is 0 Å². The van der Waals surface area contributed by atoms with Crippen LogP contribution in [0.25, 0.3) is 0 Å². The van der Waals surface area contributed by atoms with Gasteiger partial charge in [-0.05, 0) is 31.5 Å². The number of aromatic nitrogens is 2. The van der Waals surface area contributed by atoms with E-state index in [1.165, 1.54) is 0 Å². The molecule has 0 bridgehead atoms. The zero-order chi connectivity index (χ0) is 15.6. The van der Waals surface area contributed by atoms with Gasteiger partial charge in [-0.1, -0.05) is 20.8 Å². The molecule has 0 aliphatic carbocycles. The molecule has 5 heteroatoms. The Hall–Kier alpha value is -1.30. The van der Waals surface area contributed by atoms with Gasteiger partial charge in [-0.3, -0.25) is 16.3 Å². The van der Waals surface area contributed by atoms with E-state index in [-0.39, 0.29) is 11.5 Å². The van der Waals surface area contributed by atoms with E-state index >= 15 is 0 Å². The molecule has 1 unspecified atom stereocenters. The molecule has 2 aromatic rings. The number of pyridine rings is 1. The summed E-state index contributed by atoms with van der Waals surface area (Å²) in [4.78, 5) is 9.16. The van der Waals surface area contributed by atoms with E-state index in [0.717, 1.165) is 34.1 Å². The monoisotopic (exact) mass is 304 g/mol. The second-order valence-corrected chi connectivity index (χ2v) is 7.43. The summed E-state index contributed by atoms with van der Waals surface area (Å²) in [6.07, 6.45) is 0.792. The van der Waals surface area contributed by atoms with E-state index in [1.54, 1.807) is 11.3 Å². The van der Waals surface area contributed by atoms with Gasteiger partial charge in [-0.2, -0.15) is 0 Å². The maximum absolute atomic E-state index is 5.75. The zero-order valence-corrected chi connectivity index (χ0v) is 14.2. The maximum Gasteiger partial charge on any atom is 0.0948 e. The van der Waals surface area contributed by atoms with Crippen molar-refractivity contribution < 1.29 is 0 Å². The standard InChI is InChI=1S/C16H24N4S/c1-10-6-12(7-11(2)18-10)13(20-17)8-15-19-14(9-21-15)16(3,4)5/h6-7,9,13,20H,8,17H2,1-5H3. The number of hydrogen-bond acceptors (Lipinski definition) is 5. The molecule has 0 amide bonds. The molecule has 0 radical (unpaired) electrons. The Morgan fingerprint density at radius 1 is 1.19 bits per heavy atom. The van der Waals surface area contributed by atoms with Crippen molar-refractivity contribution in [1.29, 1.82) is 0 Å². The first-order valence-electron chi connectivity index (χ1n) is 7.16. The van der Waals surface area contributed by atoms with Crippen molar-refractivity contribution in [3.05, 3.63) is 45.2 Å². The Bertz CT molecular complexity index is 593. The van der Waals surface area contributed by atoms with Crippen LogP contribution in [0.3, 0.4) is 0 Å². The minimum atomic E-state index is 0.0596. The van der Waals surface area contributed by atoms with E-state index in [4.69, 9.17) is 10.8 Å². The van der Waals surface area contributed by atoms with Crippen LogP contribution in [0.4, 0.5) is 0 Å². The van der Waals surface area contributed by atoms with Crippen LogP contribution in [0.1, 0.15) is 54.5 Å². The fourth-order valence-corrected chi connectivity index (χ4v) is 3.33. The summed E-state index contributed by atoms with van der Waals surface area (Å²) in [5, 5.41) is 3.25. The van der Waals surface area contributed by atoms with Gasteiger partial charge in [0.1, 0.15) is 0 Å². The third-order valence-electron chi connectivity index (χ3n) is 3.41. The zero-order valence-electron chi connectivity index (χ0n) is 13.4. The Balaban J connectivity index is 2.21. The molecule has 0 spiro atoms. The van der Waals surface area contributed by atoms with Crippen LogP contribution in [-0.4, -0.2) is 9.97 Å². The average molecular weight is 304 g/mol. The molecule has 0 saturated carbocycles. The Kier molecular flexibility index (Phi) is 4.76. The number of nitrogens with two attached hydrogens (primary N) is 1. The Morgan fingerprint density at radius 3 is 2.29 bits per heavy atom. The first-order valence-corrected chi connectivity index (χ1v) is 8.04. The van der Waals surface area contributed by atoms with Gasteiger partial charge in [-0.15, -0.1) is 11.3 Å². The predicted molar refractivity (Wildman–Crippen MR) is 88.3 cm³/mol. The molecular weight excluding hydrogens is 280 g/mol. The highest BCUT2D eigenvalue weighted by molar-refractivity contribution is 7.09. The fourth-order valence-electron chi connectivity index (χ4n) is 2.26. The van der Waals surface area contributed by atoms with Gasteiger partial charge in [-0.25, -0.2) is 4.98 Å². The molecule has 21 heavy (non-hydrogen) atoms. The number of rotatable bonds is 4. The molecule has 1 atom stereocenters. The topological polar surface area (TPSA) is 63.8 Å². The van der Waals surface area contributed by atoms with Crippen LogP contribution in [0, 0.1) is 13.8 Å². The molecule has 2 aromatic heterocycles. The van der Waals surface area contributed by atoms with Crippen molar-refractivity contribution in [2.24, 2.45) is 5.84 Å². The first kappa shape index (κ1) is 16.1. The molecule has 2 heterocycles. The van der Waals surface area contributed by atoms with Gasteiger partial charge in [0.15, 0.2) is 0 Å². The first-order chi connectivity index (χ1) is 9.79. The van der Waals surface area contributed by atoms with E-state index < -0.39 is 0 Å². The predicted octanol–water partition coefficient (Wildman–Crippen LogP) is 3.20. The molecule has 0 fully saturated rings. The molecule has 3 N–H and O–H groups in total. The quantitative estimate of drug-likeness (QED) is 0.672. The largest absolute Gasteiger partial charge is 0.271 e. The van der Waals surface area contributed by atoms with Gasteiger partial charge in [0.05, 0.1) is 16.7 Å². The van der Waals surface area contributed by atoms with E-state index in [0.29, 0.717) is 0 Å². The molecule has 4 nitrogen and oxygen atoms in total. The summed E-state index contributed by atoms with van der Waals surface area (Å²) in [5.41, 5.74) is 7.32. The molecule has 0 aromatic carbocycles. The highest BCUT2D eigenvalue weighted by Crippen LogP contribution is 2.26. The summed E-state index contributed by atoms with van der Waals surface area (Å²) >= 11 is 1.70. The van der Waals surface area contributed by atoms with E-state index in [2.05, 4.69) is 48.7 Å². The lowest BCUT2D eigenvalue weighted by atomic mass is 9.93. The second kappa shape index (κ2) is 6.22. The lowest BCUT2D eigenvalue weighted by molar-refractivity contribution is 0.540. The summed E-state index contributed by atoms with van der Waals surface area (Å²) < 4.78 is 0. The Labute approximate surface area is 130 Å². The maximum atomic E-state index is 5.75. The minimum Gasteiger partial charge on any atom is -0.271 e.